The van der Waals surface area contributed by atoms with E-state index in [0.29, 0.717) is 0 Å². The zero-order valence-electron chi connectivity index (χ0n) is 8.34. The van der Waals surface area contributed by atoms with Crippen molar-refractivity contribution >= 4 is 23.6 Å². The maximum Gasteiger partial charge on any atom is 0.343 e. The molecule has 0 fully saturated rings. The number of nitrogens with one attached hydrogen (secondary N) is 3. The van der Waals surface area contributed by atoms with E-state index < -0.39 is 23.6 Å². The van der Waals surface area contributed by atoms with E-state index in [1.807, 2.05) is 0 Å². The second-order valence-electron chi connectivity index (χ2n) is 2.40. The van der Waals surface area contributed by atoms with Gasteiger partial charge >= 0.3 is 23.6 Å². The highest BCUT2D eigenvalue weighted by atomic mass is 16.2. The molecule has 0 saturated heterocycles. The zero-order valence-corrected chi connectivity index (χ0v) is 8.34. The lowest BCUT2D eigenvalue weighted by molar-refractivity contribution is -0.160. The maximum atomic E-state index is 11.0. The van der Waals surface area contributed by atoms with Crippen molar-refractivity contribution in [2.24, 2.45) is 23.4 Å². The van der Waals surface area contributed by atoms with Crippen molar-refractivity contribution in [1.29, 1.82) is 0 Å². The molecule has 0 rings (SSSR count). The molecule has 0 aromatic rings. The third-order valence-electron chi connectivity index (χ3n) is 1.30. The number of hydrogen-bond acceptors (Lipinski definition) is 9. The Balaban J connectivity index is 4.44. The third-order valence-corrected chi connectivity index (χ3v) is 1.30. The minimum atomic E-state index is -1.36. The number of nitrogens with zero attached hydrogens (tertiary/aromatic N) is 2. The van der Waals surface area contributed by atoms with Crippen LogP contribution in [0.25, 0.3) is 0 Å². The van der Waals surface area contributed by atoms with Crippen LogP contribution < -0.4 is 39.8 Å². The normalized spacial score (nSPS) is 9.18. The summed E-state index contributed by atoms with van der Waals surface area (Å²) in [5.74, 6) is 14.0. The molecule has 0 aromatic heterocycles. The second-order valence-corrected chi connectivity index (χ2v) is 2.40. The van der Waals surface area contributed by atoms with Crippen molar-refractivity contribution in [3.05, 3.63) is 0 Å². The number of amides is 4. The summed E-state index contributed by atoms with van der Waals surface area (Å²) < 4.78 is 0. The first-order chi connectivity index (χ1) is 7.84. The smallest absolute Gasteiger partial charge is 0.286 e. The molecule has 0 aliphatic rings. The summed E-state index contributed by atoms with van der Waals surface area (Å²) in [6.45, 7) is 0. The summed E-state index contributed by atoms with van der Waals surface area (Å²) in [6, 6.07) is 0. The van der Waals surface area contributed by atoms with Crippen LogP contribution >= 0.6 is 0 Å². The lowest BCUT2D eigenvalue weighted by Gasteiger charge is -2.22. The third kappa shape index (κ3) is 3.97. The Bertz CT molecular complexity index is 310. The van der Waals surface area contributed by atoms with Crippen LogP contribution in [-0.4, -0.2) is 33.9 Å². The van der Waals surface area contributed by atoms with Gasteiger partial charge in [0, 0.05) is 0 Å². The Labute approximate surface area is 93.8 Å². The second kappa shape index (κ2) is 6.30. The van der Waals surface area contributed by atoms with E-state index in [9.17, 15) is 19.2 Å². The zero-order chi connectivity index (χ0) is 13.6. The van der Waals surface area contributed by atoms with Crippen LogP contribution in [0.5, 0.6) is 0 Å². The van der Waals surface area contributed by atoms with Gasteiger partial charge in [0.05, 0.1) is 0 Å². The van der Waals surface area contributed by atoms with Crippen molar-refractivity contribution in [2.75, 3.05) is 0 Å². The predicted molar refractivity (Wildman–Crippen MR) is 49.9 cm³/mol. The van der Waals surface area contributed by atoms with Gasteiger partial charge in [-0.1, -0.05) is 0 Å². The maximum absolute atomic E-state index is 11.0. The molecular formula is C4H11N9O4. The number of nitrogens with two attached hydrogens (primary N) is 4. The molecule has 0 spiro atoms. The van der Waals surface area contributed by atoms with Gasteiger partial charge in [-0.25, -0.2) is 23.4 Å². The summed E-state index contributed by atoms with van der Waals surface area (Å²) in [4.78, 5) is 43.4. The van der Waals surface area contributed by atoms with Crippen LogP contribution in [0.15, 0.2) is 0 Å². The molecule has 13 heteroatoms. The number of rotatable bonds is 2. The summed E-state index contributed by atoms with van der Waals surface area (Å²) >= 11 is 0. The monoisotopic (exact) mass is 249 g/mol. The molecule has 11 N–H and O–H groups in total. The lowest BCUT2D eigenvalue weighted by atomic mass is 10.6. The Morgan fingerprint density at radius 1 is 0.765 bits per heavy atom. The summed E-state index contributed by atoms with van der Waals surface area (Å²) in [5.41, 5.74) is 4.68. The van der Waals surface area contributed by atoms with E-state index in [1.54, 1.807) is 5.53 Å². The van der Waals surface area contributed by atoms with Crippen LogP contribution in [0.2, 0.25) is 0 Å². The Hall–Kier alpha value is -2.32. The van der Waals surface area contributed by atoms with Gasteiger partial charge in [-0.15, -0.1) is 5.53 Å². The van der Waals surface area contributed by atoms with Gasteiger partial charge in [0.1, 0.15) is 0 Å². The molecule has 13 nitrogen and oxygen atoms in total. The fourth-order valence-corrected chi connectivity index (χ4v) is 0.549. The number of carbonyl (C=O) groups excluding carboxylic acids is 4. The van der Waals surface area contributed by atoms with Crippen LogP contribution in [0, 0.1) is 0 Å². The first kappa shape index (κ1) is 14.7. The van der Waals surface area contributed by atoms with Gasteiger partial charge in [-0.2, -0.15) is 10.2 Å². The van der Waals surface area contributed by atoms with E-state index in [-0.39, 0.29) is 10.2 Å². The Morgan fingerprint density at radius 3 is 1.29 bits per heavy atom. The topological polar surface area (TPSA) is 215 Å². The van der Waals surface area contributed by atoms with Crippen molar-refractivity contribution in [3.63, 3.8) is 0 Å². The largest absolute Gasteiger partial charge is 0.343 e. The fraction of sp³-hybridized carbons (Fsp3) is 0. The molecule has 0 atom stereocenters. The summed E-state index contributed by atoms with van der Waals surface area (Å²) in [5, 5.41) is 0.0633. The quantitative estimate of drug-likeness (QED) is 0.107. The molecular weight excluding hydrogens is 238 g/mol. The SMILES string of the molecule is NNC(=O)C(=O)N(N)NN(N)C(=O)C(=O)NN. The molecule has 0 aromatic carbocycles. The molecule has 4 amide bonds. The number of hydrogen-bond donors (Lipinski definition) is 7. The van der Waals surface area contributed by atoms with Gasteiger partial charge in [-0.05, 0) is 0 Å². The lowest BCUT2D eigenvalue weighted by Crippen LogP contribution is -2.65. The van der Waals surface area contributed by atoms with Crippen molar-refractivity contribution in [1.82, 2.24) is 26.6 Å². The van der Waals surface area contributed by atoms with E-state index in [2.05, 4.69) is 11.7 Å². The molecule has 17 heavy (non-hydrogen) atoms. The van der Waals surface area contributed by atoms with E-state index in [4.69, 9.17) is 11.7 Å². The van der Waals surface area contributed by atoms with Gasteiger partial charge in [0.2, 0.25) is 0 Å². The molecule has 0 unspecified atom stereocenters. The van der Waals surface area contributed by atoms with Crippen molar-refractivity contribution in [2.45, 2.75) is 0 Å². The predicted octanol–water partition coefficient (Wildman–Crippen LogP) is -6.21. The van der Waals surface area contributed by atoms with Crippen LogP contribution in [0.1, 0.15) is 0 Å². The summed E-state index contributed by atoms with van der Waals surface area (Å²) in [6.07, 6.45) is 0. The highest BCUT2D eigenvalue weighted by Crippen LogP contribution is 1.79. The van der Waals surface area contributed by atoms with Gasteiger partial charge in [-0.3, -0.25) is 30.0 Å². The first-order valence-electron chi connectivity index (χ1n) is 3.80. The average Bonchev–Trinajstić information content (AvgIpc) is 2.34. The molecule has 96 valence electrons. The van der Waals surface area contributed by atoms with Crippen LogP contribution in [0.3, 0.4) is 0 Å². The Kier molecular flexibility index (Phi) is 5.44. The van der Waals surface area contributed by atoms with Gasteiger partial charge < -0.3 is 0 Å². The average molecular weight is 249 g/mol. The van der Waals surface area contributed by atoms with Crippen molar-refractivity contribution in [3.8, 4) is 0 Å². The molecule has 0 radical (unpaired) electrons. The van der Waals surface area contributed by atoms with E-state index in [1.165, 1.54) is 10.9 Å². The van der Waals surface area contributed by atoms with Gasteiger partial charge in [0.25, 0.3) is 0 Å². The molecule has 0 saturated carbocycles. The van der Waals surface area contributed by atoms with Crippen molar-refractivity contribution < 1.29 is 19.2 Å². The number of hydrazine groups is 6. The standard InChI is InChI=1S/C4H11N9O4/c5-9-1(14)3(16)12(7)11-13(8)4(17)2(15)10-6/h11H,5-8H2,(H,9,14)(H,10,15). The first-order valence-corrected chi connectivity index (χ1v) is 3.80. The highest BCUT2D eigenvalue weighted by molar-refractivity contribution is 6.35. The molecule has 0 bridgehead atoms. The molecule has 0 heterocycles. The molecule has 0 aliphatic heterocycles. The highest BCUT2D eigenvalue weighted by Gasteiger charge is 2.24. The summed E-state index contributed by atoms with van der Waals surface area (Å²) in [7, 11) is 0. The minimum absolute atomic E-state index is 0.0316. The van der Waals surface area contributed by atoms with E-state index in [0.717, 1.165) is 0 Å². The van der Waals surface area contributed by atoms with E-state index >= 15 is 0 Å². The van der Waals surface area contributed by atoms with Crippen LogP contribution in [0.4, 0.5) is 0 Å². The fourth-order valence-electron chi connectivity index (χ4n) is 0.549. The Morgan fingerprint density at radius 2 is 1.06 bits per heavy atom. The van der Waals surface area contributed by atoms with Gasteiger partial charge in [0.15, 0.2) is 0 Å². The molecule has 0 aliphatic carbocycles. The number of carbonyl (C=O) groups is 4. The minimum Gasteiger partial charge on any atom is -0.286 e. The van der Waals surface area contributed by atoms with Crippen LogP contribution in [-0.2, 0) is 19.2 Å².